The Morgan fingerprint density at radius 3 is 2.59 bits per heavy atom. The first-order chi connectivity index (χ1) is 12.8. The minimum Gasteiger partial charge on any atom is -0.322 e. The van der Waals surface area contributed by atoms with Gasteiger partial charge in [0.25, 0.3) is 0 Å². The van der Waals surface area contributed by atoms with E-state index in [9.17, 15) is 17.6 Å². The van der Waals surface area contributed by atoms with Crippen molar-refractivity contribution in [3.8, 4) is 0 Å². The lowest BCUT2D eigenvalue weighted by atomic mass is 9.99. The van der Waals surface area contributed by atoms with Gasteiger partial charge in [0.05, 0.1) is 10.9 Å². The molecule has 1 aliphatic heterocycles. The molecule has 27 heavy (non-hydrogen) atoms. The first-order valence-corrected chi connectivity index (χ1v) is 11.5. The van der Waals surface area contributed by atoms with Crippen LogP contribution < -0.4 is 10.6 Å². The van der Waals surface area contributed by atoms with Crippen LogP contribution in [0.3, 0.4) is 0 Å². The molecule has 1 aliphatic carbocycles. The van der Waals surface area contributed by atoms with Gasteiger partial charge in [-0.1, -0.05) is 39.2 Å². The number of anilines is 1. The second-order valence-electron chi connectivity index (χ2n) is 7.99. The second kappa shape index (κ2) is 8.27. The van der Waals surface area contributed by atoms with Crippen molar-refractivity contribution in [1.29, 1.82) is 0 Å². The molecule has 1 heterocycles. The monoisotopic (exact) mass is 396 g/mol. The van der Waals surface area contributed by atoms with Gasteiger partial charge >= 0.3 is 0 Å². The van der Waals surface area contributed by atoms with Crippen molar-refractivity contribution < 1.29 is 17.6 Å². The third-order valence-electron chi connectivity index (χ3n) is 5.70. The number of hydrogen-bond donors (Lipinski definition) is 2. The number of carbonyl (C=O) groups is 1. The smallest absolute Gasteiger partial charge is 0.243 e. The average Bonchev–Trinajstić information content (AvgIpc) is 2.64. The first kappa shape index (κ1) is 20.3. The maximum atomic E-state index is 14.8. The van der Waals surface area contributed by atoms with E-state index < -0.39 is 32.1 Å². The molecule has 1 atom stereocenters. The lowest BCUT2D eigenvalue weighted by molar-refractivity contribution is -0.116. The van der Waals surface area contributed by atoms with E-state index in [-0.39, 0.29) is 11.6 Å². The molecule has 1 saturated carbocycles. The van der Waals surface area contributed by atoms with Crippen molar-refractivity contribution in [2.24, 2.45) is 5.92 Å². The Morgan fingerprint density at radius 2 is 1.93 bits per heavy atom. The van der Waals surface area contributed by atoms with Crippen LogP contribution in [-0.2, 0) is 27.6 Å². The van der Waals surface area contributed by atoms with E-state index in [1.807, 2.05) is 0 Å². The van der Waals surface area contributed by atoms with Crippen molar-refractivity contribution >= 4 is 21.4 Å². The maximum absolute atomic E-state index is 14.8. The standard InChI is InChI=1S/C20H29FN2O3S/c1-13(2)19(27(25,26)15-6-4-3-5-7-15)20(24)23-17-9-8-14-12-22-11-10-16(14)18(17)21/h8-9,13,15,19,22H,3-7,10-12H2,1-2H3,(H,23,24). The first-order valence-electron chi connectivity index (χ1n) is 9.87. The van der Waals surface area contributed by atoms with E-state index in [1.54, 1.807) is 19.9 Å². The summed E-state index contributed by atoms with van der Waals surface area (Å²) in [5.74, 6) is -1.44. The van der Waals surface area contributed by atoms with Crippen LogP contribution in [0.1, 0.15) is 57.1 Å². The van der Waals surface area contributed by atoms with Gasteiger partial charge in [0.2, 0.25) is 5.91 Å². The second-order valence-corrected chi connectivity index (χ2v) is 10.3. The van der Waals surface area contributed by atoms with Crippen LogP contribution >= 0.6 is 0 Å². The summed E-state index contributed by atoms with van der Waals surface area (Å²) < 4.78 is 41.1. The molecule has 7 heteroatoms. The van der Waals surface area contributed by atoms with E-state index in [1.165, 1.54) is 6.07 Å². The molecule has 0 spiro atoms. The number of halogens is 1. The number of carbonyl (C=O) groups excluding carboxylic acids is 1. The fourth-order valence-corrected chi connectivity index (χ4v) is 6.79. The van der Waals surface area contributed by atoms with Crippen molar-refractivity contribution in [2.45, 2.75) is 69.4 Å². The van der Waals surface area contributed by atoms with Crippen LogP contribution in [0.25, 0.3) is 0 Å². The Morgan fingerprint density at radius 1 is 1.22 bits per heavy atom. The number of benzene rings is 1. The Bertz CT molecular complexity index is 802. The van der Waals surface area contributed by atoms with Gasteiger partial charge in [-0.05, 0) is 48.9 Å². The molecule has 5 nitrogen and oxygen atoms in total. The lowest BCUT2D eigenvalue weighted by Crippen LogP contribution is -2.44. The fraction of sp³-hybridized carbons (Fsp3) is 0.650. The molecular formula is C20H29FN2O3S. The number of hydrogen-bond acceptors (Lipinski definition) is 4. The van der Waals surface area contributed by atoms with Gasteiger partial charge in [-0.2, -0.15) is 0 Å². The topological polar surface area (TPSA) is 75.3 Å². The Hall–Kier alpha value is -1.47. The zero-order chi connectivity index (χ0) is 19.6. The third-order valence-corrected chi connectivity index (χ3v) is 8.57. The molecule has 0 saturated heterocycles. The summed E-state index contributed by atoms with van der Waals surface area (Å²) in [5.41, 5.74) is 1.56. The predicted octanol–water partition coefficient (Wildman–Crippen LogP) is 3.18. The number of fused-ring (bicyclic) bond motifs is 1. The molecule has 0 aromatic heterocycles. The van der Waals surface area contributed by atoms with Crippen molar-refractivity contribution in [1.82, 2.24) is 5.32 Å². The highest BCUT2D eigenvalue weighted by Crippen LogP contribution is 2.30. The predicted molar refractivity (Wildman–Crippen MR) is 105 cm³/mol. The van der Waals surface area contributed by atoms with Crippen LogP contribution in [0.2, 0.25) is 0 Å². The van der Waals surface area contributed by atoms with Crippen LogP contribution in [-0.4, -0.2) is 31.4 Å². The summed E-state index contributed by atoms with van der Waals surface area (Å²) in [4.78, 5) is 12.9. The molecule has 1 aromatic rings. The average molecular weight is 397 g/mol. The molecule has 3 rings (SSSR count). The summed E-state index contributed by atoms with van der Waals surface area (Å²) in [6, 6.07) is 3.32. The van der Waals surface area contributed by atoms with Gasteiger partial charge in [-0.3, -0.25) is 4.79 Å². The quantitative estimate of drug-likeness (QED) is 0.802. The van der Waals surface area contributed by atoms with E-state index in [0.717, 1.165) is 24.8 Å². The molecule has 1 amide bonds. The molecule has 0 radical (unpaired) electrons. The maximum Gasteiger partial charge on any atom is 0.243 e. The van der Waals surface area contributed by atoms with Gasteiger partial charge in [-0.25, -0.2) is 12.8 Å². The minimum atomic E-state index is -3.62. The van der Waals surface area contributed by atoms with E-state index in [2.05, 4.69) is 10.6 Å². The highest BCUT2D eigenvalue weighted by molar-refractivity contribution is 7.93. The zero-order valence-electron chi connectivity index (χ0n) is 16.1. The van der Waals surface area contributed by atoms with Gasteiger partial charge in [-0.15, -0.1) is 0 Å². The van der Waals surface area contributed by atoms with Gasteiger partial charge in [0.1, 0.15) is 11.1 Å². The summed E-state index contributed by atoms with van der Waals surface area (Å²) in [5, 5.41) is 4.13. The molecular weight excluding hydrogens is 367 g/mol. The van der Waals surface area contributed by atoms with Crippen molar-refractivity contribution in [3.63, 3.8) is 0 Å². The SMILES string of the molecule is CC(C)C(C(=O)Nc1ccc2c(c1F)CCNC2)S(=O)(=O)C1CCCCC1. The molecule has 1 fully saturated rings. The van der Waals surface area contributed by atoms with Gasteiger partial charge in [0, 0.05) is 6.54 Å². The Balaban J connectivity index is 1.84. The Labute approximate surface area is 161 Å². The summed E-state index contributed by atoms with van der Waals surface area (Å²) in [6.07, 6.45) is 4.57. The normalized spacial score (nSPS) is 19.6. The minimum absolute atomic E-state index is 0.0742. The highest BCUT2D eigenvalue weighted by atomic mass is 32.2. The van der Waals surface area contributed by atoms with Crippen molar-refractivity contribution in [3.05, 3.63) is 29.1 Å². The molecule has 1 unspecified atom stereocenters. The fourth-order valence-electron chi connectivity index (χ4n) is 4.27. The number of rotatable bonds is 5. The molecule has 1 aromatic carbocycles. The van der Waals surface area contributed by atoms with E-state index in [4.69, 9.17) is 0 Å². The van der Waals surface area contributed by atoms with Crippen LogP contribution in [0, 0.1) is 11.7 Å². The summed E-state index contributed by atoms with van der Waals surface area (Å²) in [7, 11) is -3.62. The number of nitrogens with one attached hydrogen (secondary N) is 2. The number of amides is 1. The largest absolute Gasteiger partial charge is 0.322 e. The van der Waals surface area contributed by atoms with Gasteiger partial charge < -0.3 is 10.6 Å². The van der Waals surface area contributed by atoms with Gasteiger partial charge in [0.15, 0.2) is 9.84 Å². The van der Waals surface area contributed by atoms with Crippen LogP contribution in [0.15, 0.2) is 12.1 Å². The summed E-state index contributed by atoms with van der Waals surface area (Å²) in [6.45, 7) is 4.76. The van der Waals surface area contributed by atoms with Crippen LogP contribution in [0.4, 0.5) is 10.1 Å². The molecule has 0 bridgehead atoms. The molecule has 150 valence electrons. The van der Waals surface area contributed by atoms with E-state index >= 15 is 0 Å². The zero-order valence-corrected chi connectivity index (χ0v) is 16.9. The molecule has 2 aliphatic rings. The van der Waals surface area contributed by atoms with Crippen molar-refractivity contribution in [2.75, 3.05) is 11.9 Å². The van der Waals surface area contributed by atoms with Crippen LogP contribution in [0.5, 0.6) is 0 Å². The van der Waals surface area contributed by atoms with E-state index in [0.29, 0.717) is 37.9 Å². The summed E-state index contributed by atoms with van der Waals surface area (Å²) >= 11 is 0. The third kappa shape index (κ3) is 4.19. The highest BCUT2D eigenvalue weighted by Gasteiger charge is 2.41. The Kier molecular flexibility index (Phi) is 6.21. The molecule has 2 N–H and O–H groups in total. The lowest BCUT2D eigenvalue weighted by Gasteiger charge is -2.28. The number of sulfone groups is 1.